The van der Waals surface area contributed by atoms with Gasteiger partial charge in [-0.2, -0.15) is 0 Å². The average molecular weight is 863 g/mol. The lowest BCUT2D eigenvalue weighted by Crippen LogP contribution is -2.11. The number of nitrogens with zero attached hydrogens (tertiary/aromatic N) is 4. The van der Waals surface area contributed by atoms with Gasteiger partial charge in [-0.3, -0.25) is 0 Å². The lowest BCUT2D eigenvalue weighted by atomic mass is 9.86. The van der Waals surface area contributed by atoms with Crippen LogP contribution >= 0.6 is 0 Å². The zero-order valence-electron chi connectivity index (χ0n) is 49.3. The number of hydrogen-bond acceptors (Lipinski definition) is 2. The molecule has 4 nitrogen and oxygen atoms in total. The van der Waals surface area contributed by atoms with Crippen LogP contribution in [0.15, 0.2) is 194 Å². The van der Waals surface area contributed by atoms with Gasteiger partial charge < -0.3 is 18.6 Å². The van der Waals surface area contributed by atoms with Crippen molar-refractivity contribution in [1.29, 1.82) is 0 Å². The Morgan fingerprint density at radius 2 is 0.773 bits per heavy atom. The third kappa shape index (κ3) is 5.51. The van der Waals surface area contributed by atoms with Gasteiger partial charge in [-0.15, -0.1) is 0 Å². The minimum absolute atomic E-state index is 0.0151. The molecule has 0 spiro atoms. The molecular formula is C62H50N4. The largest absolute Gasteiger partial charge is 0.310 e. The highest BCUT2D eigenvalue weighted by atomic mass is 15.2. The quantitative estimate of drug-likeness (QED) is 0.165. The summed E-state index contributed by atoms with van der Waals surface area (Å²) in [4.78, 5) is 3.48. The summed E-state index contributed by atoms with van der Waals surface area (Å²) in [6.45, 7) is 12.8. The maximum Gasteiger partial charge on any atom is 0.0653 e. The summed E-state index contributed by atoms with van der Waals surface area (Å²) in [5.74, 6) is 0. The molecule has 0 aliphatic heterocycles. The van der Waals surface area contributed by atoms with E-state index >= 15 is 0 Å². The maximum absolute atomic E-state index is 10.6. The molecule has 318 valence electrons. The number of anilines is 6. The molecule has 0 aliphatic rings. The van der Waals surface area contributed by atoms with Crippen LogP contribution in [-0.4, -0.2) is 8.80 Å². The van der Waals surface area contributed by atoms with E-state index in [0.29, 0.717) is 66.4 Å². The van der Waals surface area contributed by atoms with Crippen molar-refractivity contribution in [2.75, 3.05) is 9.80 Å². The lowest BCUT2D eigenvalue weighted by Gasteiger charge is -2.26. The Bertz CT molecular complexity index is 4370. The average Bonchev–Trinajstić information content (AvgIpc) is 3.38. The minimum atomic E-state index is -0.496. The topological polar surface area (TPSA) is 15.3 Å². The van der Waals surface area contributed by atoms with Crippen LogP contribution in [0.5, 0.6) is 0 Å². The molecular weight excluding hydrogens is 801 g/mol. The van der Waals surface area contributed by atoms with Gasteiger partial charge in [0, 0.05) is 65.8 Å². The standard InChI is InChI=1S/C62H50N4/c1-61(2,3)39-27-31-51-49(35-39)57-53(63(41-19-11-7-12-20-41)42-21-13-8-14-22-42)33-29-45-47-38-56-48(37-55(47)65(51)59(45)57)46-30-34-54(64(43-23-15-9-16-24-43)44-25-17-10-18-26-44)58-50-36-40(62(4,5)6)28-32-52(50)66(56)60(46)58/h7-38H,1-6H3/i7D,9D,11D,12D,15D,16D,19D,20D,23D,24D,37D,38D. The van der Waals surface area contributed by atoms with Gasteiger partial charge in [0.2, 0.25) is 0 Å². The van der Waals surface area contributed by atoms with E-state index in [1.165, 1.54) is 0 Å². The highest BCUT2D eigenvalue weighted by Gasteiger charge is 2.29. The zero-order chi connectivity index (χ0) is 55.1. The normalized spacial score (nSPS) is 15.2. The molecule has 9 aromatic carbocycles. The number of rotatable bonds is 6. The fourth-order valence-electron chi connectivity index (χ4n) is 10.3. The molecule has 4 heterocycles. The van der Waals surface area contributed by atoms with Gasteiger partial charge in [0.1, 0.15) is 0 Å². The van der Waals surface area contributed by atoms with Crippen molar-refractivity contribution in [2.45, 2.75) is 52.4 Å². The third-order valence-electron chi connectivity index (χ3n) is 13.4. The third-order valence-corrected chi connectivity index (χ3v) is 13.4. The Morgan fingerprint density at radius 1 is 0.379 bits per heavy atom. The van der Waals surface area contributed by atoms with Crippen LogP contribution in [0.4, 0.5) is 34.1 Å². The smallest absolute Gasteiger partial charge is 0.0653 e. The van der Waals surface area contributed by atoms with E-state index in [0.717, 1.165) is 43.7 Å². The number of hydrogen-bond donors (Lipinski definition) is 0. The molecule has 0 bridgehead atoms. The molecule has 0 aliphatic carbocycles. The second-order valence-corrected chi connectivity index (χ2v) is 19.3. The molecule has 0 saturated carbocycles. The summed E-state index contributed by atoms with van der Waals surface area (Å²) in [5.41, 5.74) is 7.71. The first-order chi connectivity index (χ1) is 37.0. The molecule has 0 unspecified atom stereocenters. The molecule has 4 aromatic heterocycles. The molecule has 4 heteroatoms. The molecule has 0 amide bonds. The molecule has 0 fully saturated rings. The van der Waals surface area contributed by atoms with Crippen molar-refractivity contribution < 1.29 is 16.4 Å². The van der Waals surface area contributed by atoms with E-state index < -0.39 is 36.3 Å². The van der Waals surface area contributed by atoms with E-state index in [4.69, 9.17) is 8.22 Å². The van der Waals surface area contributed by atoms with E-state index in [2.05, 4.69) is 86.7 Å². The Hall–Kier alpha value is -7.82. The van der Waals surface area contributed by atoms with Crippen LogP contribution in [0.2, 0.25) is 0 Å². The van der Waals surface area contributed by atoms with Crippen LogP contribution in [0, 0.1) is 0 Å². The molecule has 0 N–H and O–H groups in total. The molecule has 0 saturated heterocycles. The number of aromatic nitrogens is 2. The number of para-hydroxylation sites is 4. The van der Waals surface area contributed by atoms with Gasteiger partial charge in [-0.1, -0.05) is 138 Å². The molecule has 13 aromatic rings. The van der Waals surface area contributed by atoms with Crippen molar-refractivity contribution >= 4 is 110 Å². The molecule has 13 rings (SSSR count). The van der Waals surface area contributed by atoms with Crippen LogP contribution in [0.3, 0.4) is 0 Å². The van der Waals surface area contributed by atoms with Crippen molar-refractivity contribution in [3.63, 3.8) is 0 Å². The predicted octanol–water partition coefficient (Wildman–Crippen LogP) is 17.5. The van der Waals surface area contributed by atoms with Gasteiger partial charge in [0.25, 0.3) is 0 Å². The van der Waals surface area contributed by atoms with Crippen molar-refractivity contribution in [2.24, 2.45) is 0 Å². The lowest BCUT2D eigenvalue weighted by molar-refractivity contribution is 0.591. The van der Waals surface area contributed by atoms with E-state index in [1.807, 2.05) is 84.9 Å². The Kier molecular flexibility index (Phi) is 5.91. The van der Waals surface area contributed by atoms with Crippen LogP contribution in [0.25, 0.3) is 76.2 Å². The SMILES string of the molecule is [2H]c1c([2H])c([2H])c(N(c2ccccc2)c2ccc3c4c([2H])c5c(c([2H])c4n4c6ccc(C(C)(C)C)cc6c2c34)c2ccc(N(c3ccccc3)c3c([2H])c([2H])c([2H])c([2H])c3[2H])c3c4cc(C(C)(C)C)ccc4n5c23)c([2H])c1[2H]. The van der Waals surface area contributed by atoms with Gasteiger partial charge >= 0.3 is 0 Å². The molecule has 0 atom stereocenters. The summed E-state index contributed by atoms with van der Waals surface area (Å²) in [5, 5.41) is 5.58. The number of benzene rings is 9. The van der Waals surface area contributed by atoms with E-state index in [1.54, 1.807) is 9.80 Å². The first kappa shape index (κ1) is 28.2. The predicted molar refractivity (Wildman–Crippen MR) is 283 cm³/mol. The second kappa shape index (κ2) is 13.8. The summed E-state index contributed by atoms with van der Waals surface area (Å²) >= 11 is 0. The summed E-state index contributed by atoms with van der Waals surface area (Å²) in [6, 6.07) is 34.8. The van der Waals surface area contributed by atoms with Gasteiger partial charge in [-0.25, -0.2) is 0 Å². The fraction of sp³-hybridized carbons (Fsp3) is 0.129. The van der Waals surface area contributed by atoms with Crippen LogP contribution in [0.1, 0.15) is 69.1 Å². The Morgan fingerprint density at radius 3 is 1.15 bits per heavy atom. The number of fused-ring (bicyclic) bond motifs is 12. The highest BCUT2D eigenvalue weighted by molar-refractivity contribution is 6.32. The highest BCUT2D eigenvalue weighted by Crippen LogP contribution is 2.52. The van der Waals surface area contributed by atoms with Crippen molar-refractivity contribution in [1.82, 2.24) is 8.80 Å². The Labute approximate surface area is 401 Å². The van der Waals surface area contributed by atoms with Gasteiger partial charge in [0.15, 0.2) is 0 Å². The zero-order valence-corrected chi connectivity index (χ0v) is 37.3. The van der Waals surface area contributed by atoms with Gasteiger partial charge in [-0.05, 0) is 119 Å². The summed E-state index contributed by atoms with van der Waals surface area (Å²) in [6.07, 6.45) is 0. The van der Waals surface area contributed by atoms with E-state index in [9.17, 15) is 8.22 Å². The van der Waals surface area contributed by atoms with Crippen molar-refractivity contribution in [3.05, 3.63) is 205 Å². The maximum atomic E-state index is 10.6. The second-order valence-electron chi connectivity index (χ2n) is 19.3. The summed E-state index contributed by atoms with van der Waals surface area (Å²) in [7, 11) is 0. The molecule has 66 heavy (non-hydrogen) atoms. The van der Waals surface area contributed by atoms with Crippen LogP contribution in [-0.2, 0) is 10.8 Å². The van der Waals surface area contributed by atoms with E-state index in [-0.39, 0.29) is 58.5 Å². The first-order valence-electron chi connectivity index (χ1n) is 28.3. The monoisotopic (exact) mass is 862 g/mol. The van der Waals surface area contributed by atoms with Crippen molar-refractivity contribution in [3.8, 4) is 0 Å². The minimum Gasteiger partial charge on any atom is -0.310 e. The molecule has 0 radical (unpaired) electrons. The first-order valence-corrected chi connectivity index (χ1v) is 22.3. The summed E-state index contributed by atoms with van der Waals surface area (Å²) < 4.78 is 115. The van der Waals surface area contributed by atoms with Gasteiger partial charge in [0.05, 0.1) is 60.9 Å². The van der Waals surface area contributed by atoms with Crippen LogP contribution < -0.4 is 9.80 Å². The fourth-order valence-corrected chi connectivity index (χ4v) is 10.3. The Balaban J connectivity index is 1.21.